The molecule has 0 unspecified atom stereocenters. The van der Waals surface area contributed by atoms with E-state index < -0.39 is 8.07 Å². The van der Waals surface area contributed by atoms with Crippen LogP contribution in [0.1, 0.15) is 0 Å². The van der Waals surface area contributed by atoms with Crippen molar-refractivity contribution < 1.29 is 0 Å². The Hall–Kier alpha value is -8.96. The molecule has 3 aromatic heterocycles. The van der Waals surface area contributed by atoms with E-state index in [-0.39, 0.29) is 0 Å². The van der Waals surface area contributed by atoms with Crippen LogP contribution in [0.3, 0.4) is 0 Å². The minimum absolute atomic E-state index is 1.12. The van der Waals surface area contributed by atoms with Gasteiger partial charge in [-0.3, -0.25) is 0 Å². The molecule has 0 aliphatic heterocycles. The summed E-state index contributed by atoms with van der Waals surface area (Å²) in [5.74, 6) is 0. The fourth-order valence-corrected chi connectivity index (χ4v) is 16.8. The van der Waals surface area contributed by atoms with Gasteiger partial charge >= 0.3 is 0 Å². The second-order valence-electron chi connectivity index (χ2n) is 18.4. The van der Waals surface area contributed by atoms with Crippen molar-refractivity contribution >= 4 is 94.2 Å². The van der Waals surface area contributed by atoms with E-state index in [1.165, 1.54) is 86.3 Å². The summed E-state index contributed by atoms with van der Waals surface area (Å²) in [7, 11) is -2.90. The zero-order valence-electron chi connectivity index (χ0n) is 38.3. The molecule has 0 saturated carbocycles. The first-order valence-corrected chi connectivity index (χ1v) is 26.2. The Kier molecular flexibility index (Phi) is 9.23. The molecular formula is C66H45N3Si. The molecule has 0 aliphatic rings. The number of nitrogens with zero attached hydrogens (tertiary/aromatic N) is 3. The Morgan fingerprint density at radius 2 is 0.643 bits per heavy atom. The molecule has 0 atom stereocenters. The van der Waals surface area contributed by atoms with Gasteiger partial charge in [-0.15, -0.1) is 0 Å². The molecule has 0 aliphatic carbocycles. The van der Waals surface area contributed by atoms with Gasteiger partial charge in [-0.25, -0.2) is 0 Å². The van der Waals surface area contributed by atoms with Crippen LogP contribution in [0.15, 0.2) is 273 Å². The average molecular weight is 908 g/mol. The summed E-state index contributed by atoms with van der Waals surface area (Å²) < 4.78 is 7.42. The van der Waals surface area contributed by atoms with Crippen LogP contribution < -0.4 is 20.7 Å². The lowest BCUT2D eigenvalue weighted by Gasteiger charge is -2.35. The topological polar surface area (TPSA) is 14.8 Å². The highest BCUT2D eigenvalue weighted by molar-refractivity contribution is 7.20. The standard InChI is InChI=1S/C66H45N3Si/c1-5-21-46(22-6-1)47-23-19-24-48(43-47)69-62-42-40-49(67-59-34-16-13-31-54(59)55-32-14-17-35-60(55)67)44-58(62)56-41-39-50(45-64(56)69)68-61-36-18-15-33-57(61)66-63(68)37-20-38-65(66)70(51-25-7-2-8-26-51,52-27-9-3-10-28-52)53-29-11-4-12-30-53/h1-45H. The summed E-state index contributed by atoms with van der Waals surface area (Å²) >= 11 is 0. The number of benzene rings is 11. The van der Waals surface area contributed by atoms with Gasteiger partial charge in [0, 0.05) is 49.4 Å². The summed E-state index contributed by atoms with van der Waals surface area (Å²) in [5, 5.41) is 12.9. The van der Waals surface area contributed by atoms with Crippen LogP contribution in [-0.2, 0) is 0 Å². The van der Waals surface area contributed by atoms with Gasteiger partial charge in [-0.1, -0.05) is 206 Å². The Morgan fingerprint density at radius 1 is 0.229 bits per heavy atom. The monoisotopic (exact) mass is 907 g/mol. The number of aromatic nitrogens is 3. The van der Waals surface area contributed by atoms with Crippen LogP contribution in [0.4, 0.5) is 0 Å². The van der Waals surface area contributed by atoms with Gasteiger partial charge in [0.2, 0.25) is 0 Å². The molecule has 14 rings (SSSR count). The van der Waals surface area contributed by atoms with Crippen molar-refractivity contribution in [2.24, 2.45) is 0 Å². The summed E-state index contributed by atoms with van der Waals surface area (Å²) in [5.41, 5.74) is 12.9. The lowest BCUT2D eigenvalue weighted by atomic mass is 10.1. The zero-order valence-corrected chi connectivity index (χ0v) is 39.3. The third kappa shape index (κ3) is 6.00. The summed E-state index contributed by atoms with van der Waals surface area (Å²) in [6.45, 7) is 0. The van der Waals surface area contributed by atoms with Crippen molar-refractivity contribution in [2.75, 3.05) is 0 Å². The molecule has 11 aromatic carbocycles. The molecule has 0 spiro atoms. The van der Waals surface area contributed by atoms with E-state index in [9.17, 15) is 0 Å². The minimum atomic E-state index is -2.90. The number of hydrogen-bond donors (Lipinski definition) is 0. The summed E-state index contributed by atoms with van der Waals surface area (Å²) in [4.78, 5) is 0. The van der Waals surface area contributed by atoms with Gasteiger partial charge in [0.15, 0.2) is 8.07 Å². The third-order valence-electron chi connectivity index (χ3n) is 14.8. The predicted molar refractivity (Wildman–Crippen MR) is 299 cm³/mol. The first-order valence-electron chi connectivity index (χ1n) is 24.2. The highest BCUT2D eigenvalue weighted by Gasteiger charge is 2.43. The highest BCUT2D eigenvalue weighted by Crippen LogP contribution is 2.40. The summed E-state index contributed by atoms with van der Waals surface area (Å²) in [6.07, 6.45) is 0. The first kappa shape index (κ1) is 40.1. The molecule has 3 nitrogen and oxygen atoms in total. The van der Waals surface area contributed by atoms with Crippen molar-refractivity contribution in [1.29, 1.82) is 0 Å². The molecular weight excluding hydrogens is 863 g/mol. The number of rotatable bonds is 8. The molecule has 0 fully saturated rings. The van der Waals surface area contributed by atoms with E-state index >= 15 is 0 Å². The third-order valence-corrected chi connectivity index (χ3v) is 19.6. The number of hydrogen-bond acceptors (Lipinski definition) is 0. The smallest absolute Gasteiger partial charge is 0.180 e. The second kappa shape index (κ2) is 16.1. The van der Waals surface area contributed by atoms with Crippen molar-refractivity contribution in [3.05, 3.63) is 273 Å². The van der Waals surface area contributed by atoms with E-state index in [1.54, 1.807) is 0 Å². The zero-order chi connectivity index (χ0) is 46.2. The van der Waals surface area contributed by atoms with E-state index in [2.05, 4.69) is 287 Å². The molecule has 0 saturated heterocycles. The molecule has 70 heavy (non-hydrogen) atoms. The largest absolute Gasteiger partial charge is 0.309 e. The van der Waals surface area contributed by atoms with Crippen LogP contribution in [-0.4, -0.2) is 21.8 Å². The van der Waals surface area contributed by atoms with Crippen LogP contribution in [0, 0.1) is 0 Å². The van der Waals surface area contributed by atoms with Crippen molar-refractivity contribution in [3.8, 4) is 28.2 Å². The SMILES string of the molecule is c1ccc(-c2cccc(-n3c4ccc(-n5c6ccccc6c6ccccc65)cc4c4ccc(-n5c6ccccc6c6c([Si](c7ccccc7)(c7ccccc7)c7ccccc7)cccc65)cc43)c2)cc1. The van der Waals surface area contributed by atoms with Crippen LogP contribution in [0.25, 0.3) is 93.6 Å². The quantitative estimate of drug-likeness (QED) is 0.107. The molecule has 0 radical (unpaired) electrons. The molecule has 4 heteroatoms. The molecule has 0 amide bonds. The second-order valence-corrected chi connectivity index (χ2v) is 22.2. The lowest BCUT2D eigenvalue weighted by Crippen LogP contribution is -2.74. The first-order chi connectivity index (χ1) is 34.8. The number of fused-ring (bicyclic) bond motifs is 9. The van der Waals surface area contributed by atoms with Crippen molar-refractivity contribution in [1.82, 2.24) is 13.7 Å². The van der Waals surface area contributed by atoms with Gasteiger partial charge in [0.25, 0.3) is 0 Å². The maximum Gasteiger partial charge on any atom is 0.180 e. The van der Waals surface area contributed by atoms with Gasteiger partial charge in [0.1, 0.15) is 0 Å². The fraction of sp³-hybridized carbons (Fsp3) is 0. The fourth-order valence-electron chi connectivity index (χ4n) is 11.9. The maximum atomic E-state index is 2.51. The van der Waals surface area contributed by atoms with Gasteiger partial charge in [-0.2, -0.15) is 0 Å². The molecule has 328 valence electrons. The molecule has 0 bridgehead atoms. The molecule has 3 heterocycles. The van der Waals surface area contributed by atoms with Crippen LogP contribution >= 0.6 is 0 Å². The Balaban J connectivity index is 1.05. The van der Waals surface area contributed by atoms with Crippen molar-refractivity contribution in [2.45, 2.75) is 0 Å². The van der Waals surface area contributed by atoms with Crippen molar-refractivity contribution in [3.63, 3.8) is 0 Å². The lowest BCUT2D eigenvalue weighted by molar-refractivity contribution is 1.15. The van der Waals surface area contributed by atoms with Gasteiger partial charge in [0.05, 0.1) is 33.1 Å². The minimum Gasteiger partial charge on any atom is -0.309 e. The van der Waals surface area contributed by atoms with E-state index in [0.717, 1.165) is 28.1 Å². The highest BCUT2D eigenvalue weighted by atomic mass is 28.3. The van der Waals surface area contributed by atoms with E-state index in [0.29, 0.717) is 0 Å². The number of para-hydroxylation sites is 3. The maximum absolute atomic E-state index is 2.90. The Morgan fingerprint density at radius 3 is 1.27 bits per heavy atom. The van der Waals surface area contributed by atoms with Gasteiger partial charge in [-0.05, 0) is 98.6 Å². The molecule has 14 aromatic rings. The molecule has 0 N–H and O–H groups in total. The average Bonchev–Trinajstić information content (AvgIpc) is 4.08. The Labute approximate surface area is 407 Å². The van der Waals surface area contributed by atoms with Crippen LogP contribution in [0.5, 0.6) is 0 Å². The van der Waals surface area contributed by atoms with Gasteiger partial charge < -0.3 is 13.7 Å². The predicted octanol–water partition coefficient (Wildman–Crippen LogP) is 14.0. The normalized spacial score (nSPS) is 12.0. The Bertz CT molecular complexity index is 4130. The van der Waals surface area contributed by atoms with E-state index in [4.69, 9.17) is 0 Å². The van der Waals surface area contributed by atoms with Crippen LogP contribution in [0.2, 0.25) is 0 Å². The van der Waals surface area contributed by atoms with E-state index in [1.807, 2.05) is 0 Å². The summed E-state index contributed by atoms with van der Waals surface area (Å²) in [6, 6.07) is 101.